The van der Waals surface area contributed by atoms with E-state index in [4.69, 9.17) is 29.0 Å². The Bertz CT molecular complexity index is 1120. The Labute approximate surface area is 210 Å². The summed E-state index contributed by atoms with van der Waals surface area (Å²) in [5, 5.41) is 3.10. The zero-order chi connectivity index (χ0) is 25.5. The largest absolute Gasteiger partial charge is 0.461 e. The second kappa shape index (κ2) is 12.0. The molecule has 1 saturated carbocycles. The van der Waals surface area contributed by atoms with E-state index in [1.807, 2.05) is 18.2 Å². The van der Waals surface area contributed by atoms with Crippen LogP contribution in [-0.4, -0.2) is 53.5 Å². The molecule has 0 amide bonds. The maximum atomic E-state index is 12.8. The minimum Gasteiger partial charge on any atom is -0.461 e. The van der Waals surface area contributed by atoms with Crippen LogP contribution < -0.4 is 21.0 Å². The molecule has 0 unspecified atom stereocenters. The van der Waals surface area contributed by atoms with E-state index in [2.05, 4.69) is 16.4 Å². The van der Waals surface area contributed by atoms with Gasteiger partial charge in [0, 0.05) is 6.20 Å². The first-order chi connectivity index (χ1) is 17.3. The number of hydrogen-bond donors (Lipinski definition) is 2. The molecule has 0 bridgehead atoms. The fourth-order valence-corrected chi connectivity index (χ4v) is 5.74. The monoisotopic (exact) mass is 520 g/mol. The molecule has 2 heterocycles. The number of benzene rings is 1. The Kier molecular flexibility index (Phi) is 8.81. The summed E-state index contributed by atoms with van der Waals surface area (Å²) in [4.78, 5) is 28.6. The molecule has 3 N–H and O–H groups in total. The van der Waals surface area contributed by atoms with Crippen molar-refractivity contribution in [2.24, 2.45) is 0 Å². The number of carbonyl (C=O) groups excluding carboxylic acids is 1. The van der Waals surface area contributed by atoms with E-state index in [-0.39, 0.29) is 31.1 Å². The number of nitrogens with zero attached hydrogens (tertiary/aromatic N) is 2. The van der Waals surface area contributed by atoms with Gasteiger partial charge < -0.3 is 29.0 Å². The number of anilines is 1. The summed E-state index contributed by atoms with van der Waals surface area (Å²) in [6, 6.07) is 9.86. The van der Waals surface area contributed by atoms with Gasteiger partial charge in [-0.1, -0.05) is 24.6 Å². The zero-order valence-electron chi connectivity index (χ0n) is 20.3. The molecule has 0 radical (unpaired) electrons. The van der Waals surface area contributed by atoms with Gasteiger partial charge in [0.2, 0.25) is 7.49 Å². The number of para-hydroxylation sites is 1. The van der Waals surface area contributed by atoms with Crippen molar-refractivity contribution in [3.05, 3.63) is 53.1 Å². The SMILES string of the molecule is C=[P@](N[C@@H](C)C(=O)OC1CCCCC1)(OC[C@H]1OC[C@@H](n2ccc(N)nc2=O)O1)Oc1ccccc1. The third kappa shape index (κ3) is 7.18. The van der Waals surface area contributed by atoms with Crippen LogP contribution in [0.25, 0.3) is 0 Å². The van der Waals surface area contributed by atoms with Gasteiger partial charge in [0.15, 0.2) is 12.5 Å². The topological polar surface area (TPSA) is 136 Å². The molecule has 2 aliphatic rings. The van der Waals surface area contributed by atoms with Gasteiger partial charge in [-0.25, -0.2) is 9.88 Å². The second-order valence-electron chi connectivity index (χ2n) is 8.82. The van der Waals surface area contributed by atoms with Gasteiger partial charge >= 0.3 is 11.7 Å². The lowest BCUT2D eigenvalue weighted by atomic mass is 9.98. The van der Waals surface area contributed by atoms with Gasteiger partial charge in [-0.3, -0.25) is 9.36 Å². The number of hydrogen-bond acceptors (Lipinski definition) is 10. The molecule has 2 fully saturated rings. The molecule has 0 spiro atoms. The standard InChI is InChI=1S/C24H33N4O7P/c1-17(23(29)33-18-9-5-3-6-10-18)27-36(2,35-19-11-7-4-8-12-19)32-16-22-31-15-21(34-22)28-14-13-20(25)26-24(28)30/h4,7-8,11-14,17-18,21-22,27H,2-3,5-6,9-10,15-16H2,1H3,(H2,25,26,30)/t17-,21-,22-,36-/m0/s1. The summed E-state index contributed by atoms with van der Waals surface area (Å²) >= 11 is 0. The lowest BCUT2D eigenvalue weighted by Crippen LogP contribution is -2.38. The van der Waals surface area contributed by atoms with E-state index in [0.717, 1.165) is 25.7 Å². The summed E-state index contributed by atoms with van der Waals surface area (Å²) in [6.45, 7) is 1.77. The summed E-state index contributed by atoms with van der Waals surface area (Å²) in [5.74, 6) is 0.285. The molecule has 1 aromatic heterocycles. The van der Waals surface area contributed by atoms with Crippen LogP contribution in [0, 0.1) is 0 Å². The molecule has 1 aliphatic carbocycles. The Balaban J connectivity index is 1.38. The highest BCUT2D eigenvalue weighted by molar-refractivity contribution is 7.62. The van der Waals surface area contributed by atoms with Gasteiger partial charge in [-0.15, -0.1) is 0 Å². The predicted molar refractivity (Wildman–Crippen MR) is 135 cm³/mol. The molecule has 11 nitrogen and oxygen atoms in total. The molecule has 1 saturated heterocycles. The van der Waals surface area contributed by atoms with Crippen LogP contribution in [0.1, 0.15) is 45.3 Å². The van der Waals surface area contributed by atoms with Gasteiger partial charge in [0.1, 0.15) is 30.3 Å². The highest BCUT2D eigenvalue weighted by atomic mass is 31.2. The van der Waals surface area contributed by atoms with Crippen LogP contribution in [0.3, 0.4) is 0 Å². The summed E-state index contributed by atoms with van der Waals surface area (Å²) in [5.41, 5.74) is 5.01. The molecule has 196 valence electrons. The van der Waals surface area contributed by atoms with E-state index in [1.165, 1.54) is 23.3 Å². The number of aromatic nitrogens is 2. The van der Waals surface area contributed by atoms with E-state index in [9.17, 15) is 9.59 Å². The Morgan fingerprint density at radius 2 is 2.03 bits per heavy atom. The third-order valence-electron chi connectivity index (χ3n) is 5.89. The highest BCUT2D eigenvalue weighted by Crippen LogP contribution is 2.45. The number of nitrogens with one attached hydrogen (secondary N) is 1. The average Bonchev–Trinajstić information content (AvgIpc) is 3.33. The van der Waals surface area contributed by atoms with Crippen LogP contribution in [-0.2, 0) is 23.5 Å². The van der Waals surface area contributed by atoms with Crippen molar-refractivity contribution >= 4 is 25.6 Å². The number of nitrogens with two attached hydrogens (primary N) is 1. The minimum absolute atomic E-state index is 0.0465. The van der Waals surface area contributed by atoms with Crippen LogP contribution in [0.5, 0.6) is 5.75 Å². The van der Waals surface area contributed by atoms with Gasteiger partial charge in [0.05, 0.1) is 6.61 Å². The quantitative estimate of drug-likeness (QED) is 0.355. The van der Waals surface area contributed by atoms with E-state index in [0.29, 0.717) is 5.75 Å². The van der Waals surface area contributed by atoms with Gasteiger partial charge in [-0.2, -0.15) is 4.98 Å². The van der Waals surface area contributed by atoms with Crippen molar-refractivity contribution in [1.29, 1.82) is 0 Å². The number of carbonyl (C=O) groups is 1. The van der Waals surface area contributed by atoms with Crippen molar-refractivity contribution in [3.8, 4) is 5.75 Å². The molecule has 1 aliphatic heterocycles. The van der Waals surface area contributed by atoms with Crippen LogP contribution >= 0.6 is 7.49 Å². The van der Waals surface area contributed by atoms with Crippen LogP contribution in [0.4, 0.5) is 5.82 Å². The van der Waals surface area contributed by atoms with Crippen molar-refractivity contribution in [1.82, 2.24) is 14.6 Å². The first kappa shape index (κ1) is 26.4. The average molecular weight is 521 g/mol. The molecule has 4 rings (SSSR count). The maximum Gasteiger partial charge on any atom is 0.351 e. The fraction of sp³-hybridized carbons (Fsp3) is 0.500. The number of ether oxygens (including phenoxy) is 3. The smallest absolute Gasteiger partial charge is 0.351 e. The number of rotatable bonds is 10. The summed E-state index contributed by atoms with van der Waals surface area (Å²) < 4.78 is 30.6. The fourth-order valence-electron chi connectivity index (χ4n) is 4.04. The predicted octanol–water partition coefficient (Wildman–Crippen LogP) is 2.84. The second-order valence-corrected chi connectivity index (χ2v) is 10.9. The van der Waals surface area contributed by atoms with Crippen LogP contribution in [0.2, 0.25) is 0 Å². The van der Waals surface area contributed by atoms with Gasteiger partial charge in [-0.05, 0) is 57.1 Å². The van der Waals surface area contributed by atoms with E-state index < -0.39 is 31.7 Å². The molecule has 2 aromatic rings. The van der Waals surface area contributed by atoms with E-state index in [1.54, 1.807) is 19.1 Å². The van der Waals surface area contributed by atoms with Gasteiger partial charge in [0.25, 0.3) is 0 Å². The molecular weight excluding hydrogens is 487 g/mol. The lowest BCUT2D eigenvalue weighted by molar-refractivity contribution is -0.152. The summed E-state index contributed by atoms with van der Waals surface area (Å²) in [7, 11) is -3.07. The van der Waals surface area contributed by atoms with Crippen molar-refractivity contribution in [3.63, 3.8) is 0 Å². The Morgan fingerprint density at radius 1 is 1.28 bits per heavy atom. The molecular formula is C24H33N4O7P. The molecule has 36 heavy (non-hydrogen) atoms. The number of esters is 1. The van der Waals surface area contributed by atoms with Crippen molar-refractivity contribution in [2.45, 2.75) is 63.7 Å². The minimum atomic E-state index is -3.07. The zero-order valence-corrected chi connectivity index (χ0v) is 21.2. The van der Waals surface area contributed by atoms with Crippen molar-refractivity contribution < 1.29 is 28.1 Å². The normalized spacial score (nSPS) is 23.0. The Hall–Kier alpha value is -2.69. The first-order valence-corrected chi connectivity index (χ1v) is 13.8. The highest BCUT2D eigenvalue weighted by Gasteiger charge is 2.32. The lowest BCUT2D eigenvalue weighted by Gasteiger charge is -2.30. The Morgan fingerprint density at radius 3 is 2.75 bits per heavy atom. The first-order valence-electron chi connectivity index (χ1n) is 12.0. The van der Waals surface area contributed by atoms with E-state index >= 15 is 0 Å². The van der Waals surface area contributed by atoms with Crippen LogP contribution in [0.15, 0.2) is 47.4 Å². The van der Waals surface area contributed by atoms with Crippen molar-refractivity contribution in [2.75, 3.05) is 18.9 Å². The summed E-state index contributed by atoms with van der Waals surface area (Å²) in [6.07, 6.45) is 9.18. The molecule has 1 aromatic carbocycles. The maximum absolute atomic E-state index is 12.8. The third-order valence-corrected chi connectivity index (χ3v) is 7.74. The molecule has 4 atom stereocenters. The molecule has 12 heteroatoms. The number of nitrogen functional groups attached to an aromatic ring is 1.